The fourth-order valence-electron chi connectivity index (χ4n) is 5.02. The first-order chi connectivity index (χ1) is 18.0. The first-order valence-electron chi connectivity index (χ1n) is 12.0. The lowest BCUT2D eigenvalue weighted by Crippen LogP contribution is -2.33. The quantitative estimate of drug-likeness (QED) is 0.271. The Morgan fingerprint density at radius 1 is 0.919 bits per heavy atom. The standard InChI is InChI=1S/C30H21FN2O4/c31-20-14-12-18(13-15-20)16-19-6-5-10-24-26(23-9-3-4-11-25(23)32-27(19)24)30(36)37-17-33-28(34)21-7-1-2-8-22(21)29(33)35/h1-4,7-9,11-16H,5-6,10,17H2. The van der Waals surface area contributed by atoms with E-state index < -0.39 is 24.5 Å². The van der Waals surface area contributed by atoms with Gasteiger partial charge >= 0.3 is 5.97 Å². The zero-order valence-electron chi connectivity index (χ0n) is 19.7. The Hall–Kier alpha value is -4.65. The zero-order chi connectivity index (χ0) is 25.5. The molecule has 0 unspecified atom stereocenters. The molecule has 4 aromatic rings. The summed E-state index contributed by atoms with van der Waals surface area (Å²) in [6, 6.07) is 20.1. The van der Waals surface area contributed by atoms with E-state index in [4.69, 9.17) is 9.72 Å². The first kappa shape index (κ1) is 22.8. The van der Waals surface area contributed by atoms with Gasteiger partial charge in [0.05, 0.1) is 27.9 Å². The number of rotatable bonds is 4. The number of para-hydroxylation sites is 1. The molecule has 2 aliphatic rings. The third-order valence-corrected chi connectivity index (χ3v) is 6.79. The van der Waals surface area contributed by atoms with Gasteiger partial charge in [-0.15, -0.1) is 0 Å². The Morgan fingerprint density at radius 3 is 2.32 bits per heavy atom. The van der Waals surface area contributed by atoms with E-state index in [0.29, 0.717) is 39.7 Å². The minimum atomic E-state index is -0.616. The molecule has 6 nitrogen and oxygen atoms in total. The predicted octanol–water partition coefficient (Wildman–Crippen LogP) is 5.66. The Bertz CT molecular complexity index is 1590. The number of allylic oxidation sites excluding steroid dienone is 1. The van der Waals surface area contributed by atoms with Crippen LogP contribution in [0.1, 0.15) is 60.7 Å². The van der Waals surface area contributed by atoms with Crippen molar-refractivity contribution in [2.45, 2.75) is 19.3 Å². The minimum Gasteiger partial charge on any atom is -0.440 e. The first-order valence-corrected chi connectivity index (χ1v) is 12.0. The van der Waals surface area contributed by atoms with E-state index in [2.05, 4.69) is 0 Å². The maximum absolute atomic E-state index is 13.5. The molecule has 0 fully saturated rings. The van der Waals surface area contributed by atoms with Crippen molar-refractivity contribution >= 4 is 40.3 Å². The molecule has 3 aromatic carbocycles. The van der Waals surface area contributed by atoms with E-state index in [1.807, 2.05) is 30.3 Å². The predicted molar refractivity (Wildman–Crippen MR) is 136 cm³/mol. The van der Waals surface area contributed by atoms with Crippen molar-refractivity contribution in [3.05, 3.63) is 112 Å². The zero-order valence-corrected chi connectivity index (χ0v) is 19.7. The fraction of sp³-hybridized carbons (Fsp3) is 0.133. The number of aromatic nitrogens is 1. The summed E-state index contributed by atoms with van der Waals surface area (Å²) in [5, 5.41) is 0.650. The van der Waals surface area contributed by atoms with Crippen LogP contribution in [0.4, 0.5) is 4.39 Å². The molecule has 2 amide bonds. The van der Waals surface area contributed by atoms with E-state index in [1.54, 1.807) is 36.4 Å². The molecule has 0 saturated heterocycles. The van der Waals surface area contributed by atoms with Crippen LogP contribution >= 0.6 is 0 Å². The fourth-order valence-corrected chi connectivity index (χ4v) is 5.02. The molecule has 0 radical (unpaired) electrons. The molecule has 0 saturated carbocycles. The summed E-state index contributed by atoms with van der Waals surface area (Å²) in [4.78, 5) is 44.8. The van der Waals surface area contributed by atoms with Crippen LogP contribution < -0.4 is 0 Å². The summed E-state index contributed by atoms with van der Waals surface area (Å²) in [5.74, 6) is -1.90. The number of hydrogen-bond acceptors (Lipinski definition) is 5. The van der Waals surface area contributed by atoms with Gasteiger partial charge in [0.15, 0.2) is 6.73 Å². The molecule has 1 aliphatic carbocycles. The summed E-state index contributed by atoms with van der Waals surface area (Å²) in [6.07, 6.45) is 4.16. The average molecular weight is 493 g/mol. The van der Waals surface area contributed by atoms with Crippen LogP contribution in [0.15, 0.2) is 72.8 Å². The summed E-state index contributed by atoms with van der Waals surface area (Å²) < 4.78 is 19.0. The number of hydrogen-bond donors (Lipinski definition) is 0. The van der Waals surface area contributed by atoms with Gasteiger partial charge in [-0.05, 0) is 72.4 Å². The molecule has 0 N–H and O–H groups in total. The van der Waals surface area contributed by atoms with Crippen LogP contribution in [0.2, 0.25) is 0 Å². The third kappa shape index (κ3) is 3.98. The number of esters is 1. The highest BCUT2D eigenvalue weighted by Gasteiger charge is 2.36. The Labute approximate surface area is 212 Å². The monoisotopic (exact) mass is 492 g/mol. The number of imide groups is 1. The van der Waals surface area contributed by atoms with Gasteiger partial charge in [-0.1, -0.05) is 42.5 Å². The van der Waals surface area contributed by atoms with Gasteiger partial charge in [0, 0.05) is 5.39 Å². The lowest BCUT2D eigenvalue weighted by Gasteiger charge is -2.23. The van der Waals surface area contributed by atoms with E-state index in [9.17, 15) is 18.8 Å². The van der Waals surface area contributed by atoms with Crippen molar-refractivity contribution in [3.63, 3.8) is 0 Å². The van der Waals surface area contributed by atoms with Gasteiger partial charge in [0.25, 0.3) is 11.8 Å². The Morgan fingerprint density at radius 2 is 1.59 bits per heavy atom. The maximum Gasteiger partial charge on any atom is 0.340 e. The van der Waals surface area contributed by atoms with E-state index in [0.717, 1.165) is 34.4 Å². The molecule has 0 atom stereocenters. The summed E-state index contributed by atoms with van der Waals surface area (Å²) in [7, 11) is 0. The normalized spacial score (nSPS) is 15.7. The lowest BCUT2D eigenvalue weighted by atomic mass is 9.86. The average Bonchev–Trinajstić information content (AvgIpc) is 3.16. The molecular formula is C30H21FN2O4. The minimum absolute atomic E-state index is 0.297. The second-order valence-electron chi connectivity index (χ2n) is 9.05. The largest absolute Gasteiger partial charge is 0.440 e. The van der Waals surface area contributed by atoms with Gasteiger partial charge in [0.1, 0.15) is 5.82 Å². The molecule has 37 heavy (non-hydrogen) atoms. The second-order valence-corrected chi connectivity index (χ2v) is 9.05. The van der Waals surface area contributed by atoms with Crippen molar-refractivity contribution in [1.29, 1.82) is 0 Å². The molecule has 0 spiro atoms. The number of pyridine rings is 1. The molecule has 1 aromatic heterocycles. The summed E-state index contributed by atoms with van der Waals surface area (Å²) in [5.41, 5.74) is 4.90. The highest BCUT2D eigenvalue weighted by atomic mass is 19.1. The van der Waals surface area contributed by atoms with E-state index >= 15 is 0 Å². The van der Waals surface area contributed by atoms with Gasteiger partial charge in [-0.2, -0.15) is 0 Å². The van der Waals surface area contributed by atoms with Gasteiger partial charge in [0.2, 0.25) is 0 Å². The molecule has 7 heteroatoms. The number of carbonyl (C=O) groups is 3. The van der Waals surface area contributed by atoms with E-state index in [-0.39, 0.29) is 5.82 Å². The molecule has 0 bridgehead atoms. The second kappa shape index (κ2) is 9.09. The lowest BCUT2D eigenvalue weighted by molar-refractivity contribution is 0.0229. The van der Waals surface area contributed by atoms with Crippen molar-refractivity contribution in [2.75, 3.05) is 6.73 Å². The molecule has 1 aliphatic heterocycles. The molecule has 182 valence electrons. The number of fused-ring (bicyclic) bond motifs is 3. The molecular weight excluding hydrogens is 471 g/mol. The topological polar surface area (TPSA) is 76.6 Å². The van der Waals surface area contributed by atoms with Crippen molar-refractivity contribution in [2.24, 2.45) is 0 Å². The smallest absolute Gasteiger partial charge is 0.340 e. The number of carbonyl (C=O) groups excluding carboxylic acids is 3. The van der Waals surface area contributed by atoms with Gasteiger partial charge in [-0.3, -0.25) is 9.59 Å². The number of nitrogens with zero attached hydrogens (tertiary/aromatic N) is 2. The summed E-state index contributed by atoms with van der Waals surface area (Å²) >= 11 is 0. The van der Waals surface area contributed by atoms with Crippen LogP contribution in [0, 0.1) is 5.82 Å². The van der Waals surface area contributed by atoms with E-state index in [1.165, 1.54) is 12.1 Å². The highest BCUT2D eigenvalue weighted by Crippen LogP contribution is 2.36. The number of amides is 2. The number of ether oxygens (including phenoxy) is 1. The van der Waals surface area contributed by atoms with Crippen molar-refractivity contribution in [1.82, 2.24) is 9.88 Å². The highest BCUT2D eigenvalue weighted by molar-refractivity contribution is 6.21. The molecule has 6 rings (SSSR count). The van der Waals surface area contributed by atoms with Crippen molar-refractivity contribution < 1.29 is 23.5 Å². The van der Waals surface area contributed by atoms with Crippen LogP contribution in [-0.2, 0) is 11.2 Å². The van der Waals surface area contributed by atoms with Crippen LogP contribution in [-0.4, -0.2) is 34.4 Å². The summed E-state index contributed by atoms with van der Waals surface area (Å²) in [6.45, 7) is -0.477. The maximum atomic E-state index is 13.5. The third-order valence-electron chi connectivity index (χ3n) is 6.79. The van der Waals surface area contributed by atoms with Gasteiger partial charge < -0.3 is 4.74 Å². The van der Waals surface area contributed by atoms with Crippen LogP contribution in [0.5, 0.6) is 0 Å². The van der Waals surface area contributed by atoms with Crippen LogP contribution in [0.25, 0.3) is 22.6 Å². The SMILES string of the molecule is O=C(OCN1C(=O)c2ccccc2C1=O)c1c2c(nc3ccccc13)C(=Cc1ccc(F)cc1)CCC2. The van der Waals surface area contributed by atoms with Crippen molar-refractivity contribution in [3.8, 4) is 0 Å². The number of benzene rings is 3. The number of halogens is 1. The molecule has 2 heterocycles. The Kier molecular flexibility index (Phi) is 5.60. The van der Waals surface area contributed by atoms with Crippen LogP contribution in [0.3, 0.4) is 0 Å². The Balaban J connectivity index is 1.36. The van der Waals surface area contributed by atoms with Gasteiger partial charge in [-0.25, -0.2) is 19.1 Å².